The second-order valence-corrected chi connectivity index (χ2v) is 6.37. The molecule has 1 saturated heterocycles. The molecule has 4 nitrogen and oxygen atoms in total. The number of amides is 1. The van der Waals surface area contributed by atoms with Crippen LogP contribution in [0.15, 0.2) is 24.3 Å². The van der Waals surface area contributed by atoms with Crippen LogP contribution in [0.4, 0.5) is 11.4 Å². The van der Waals surface area contributed by atoms with Crippen molar-refractivity contribution in [2.24, 2.45) is 5.41 Å². The van der Waals surface area contributed by atoms with Crippen molar-refractivity contribution < 1.29 is 9.53 Å². The first-order chi connectivity index (χ1) is 9.38. The topological polar surface area (TPSA) is 41.6 Å². The van der Waals surface area contributed by atoms with Gasteiger partial charge in [0, 0.05) is 29.4 Å². The van der Waals surface area contributed by atoms with Crippen molar-refractivity contribution in [3.8, 4) is 0 Å². The normalized spacial score (nSPS) is 19.8. The molecule has 0 aromatic heterocycles. The Labute approximate surface area is 121 Å². The Morgan fingerprint density at radius 1 is 1.30 bits per heavy atom. The summed E-state index contributed by atoms with van der Waals surface area (Å²) < 4.78 is 5.45. The molecule has 1 N–H and O–H groups in total. The summed E-state index contributed by atoms with van der Waals surface area (Å²) in [7, 11) is 0. The van der Waals surface area contributed by atoms with Crippen LogP contribution >= 0.6 is 0 Å². The predicted octanol–water partition coefficient (Wildman–Crippen LogP) is 2.90. The fourth-order valence-corrected chi connectivity index (χ4v) is 2.17. The summed E-state index contributed by atoms with van der Waals surface area (Å²) in [6, 6.07) is 8.42. The Morgan fingerprint density at radius 3 is 2.50 bits per heavy atom. The SMILES string of the molecule is CC1COCCN1c1ccc(NC(=O)C(C)(C)C)cc1. The molecule has 0 aliphatic carbocycles. The molecule has 0 saturated carbocycles. The van der Waals surface area contributed by atoms with Crippen molar-refractivity contribution in [1.29, 1.82) is 0 Å². The largest absolute Gasteiger partial charge is 0.377 e. The molecule has 2 rings (SSSR count). The van der Waals surface area contributed by atoms with E-state index in [0.717, 1.165) is 25.4 Å². The summed E-state index contributed by atoms with van der Waals surface area (Å²) >= 11 is 0. The highest BCUT2D eigenvalue weighted by molar-refractivity contribution is 5.94. The van der Waals surface area contributed by atoms with Gasteiger partial charge in [0.2, 0.25) is 5.91 Å². The number of anilines is 2. The Kier molecular flexibility index (Phi) is 4.33. The van der Waals surface area contributed by atoms with Gasteiger partial charge in [0.25, 0.3) is 0 Å². The molecule has 1 aromatic rings. The number of hydrogen-bond donors (Lipinski definition) is 1. The van der Waals surface area contributed by atoms with Crippen LogP contribution in [-0.4, -0.2) is 31.7 Å². The van der Waals surface area contributed by atoms with E-state index in [9.17, 15) is 4.79 Å². The molecule has 20 heavy (non-hydrogen) atoms. The summed E-state index contributed by atoms with van der Waals surface area (Å²) in [6.07, 6.45) is 0. The lowest BCUT2D eigenvalue weighted by Gasteiger charge is -2.35. The molecular formula is C16H24N2O2. The minimum atomic E-state index is -0.378. The monoisotopic (exact) mass is 276 g/mol. The molecule has 1 aliphatic heterocycles. The third-order valence-electron chi connectivity index (χ3n) is 3.51. The maximum absolute atomic E-state index is 11.9. The summed E-state index contributed by atoms with van der Waals surface area (Å²) in [6.45, 7) is 10.3. The van der Waals surface area contributed by atoms with Gasteiger partial charge in [-0.05, 0) is 31.2 Å². The average Bonchev–Trinajstić information content (AvgIpc) is 2.39. The van der Waals surface area contributed by atoms with Crippen LogP contribution in [0.1, 0.15) is 27.7 Å². The van der Waals surface area contributed by atoms with E-state index < -0.39 is 0 Å². The number of rotatable bonds is 2. The first kappa shape index (κ1) is 14.9. The maximum Gasteiger partial charge on any atom is 0.229 e. The Hall–Kier alpha value is -1.55. The Morgan fingerprint density at radius 2 is 1.95 bits per heavy atom. The van der Waals surface area contributed by atoms with E-state index in [0.29, 0.717) is 6.04 Å². The molecule has 0 bridgehead atoms. The number of ether oxygens (including phenoxy) is 1. The Balaban J connectivity index is 2.04. The zero-order valence-electron chi connectivity index (χ0n) is 12.8. The van der Waals surface area contributed by atoms with Gasteiger partial charge in [-0.15, -0.1) is 0 Å². The maximum atomic E-state index is 11.9. The van der Waals surface area contributed by atoms with E-state index in [2.05, 4.69) is 29.3 Å². The van der Waals surface area contributed by atoms with Gasteiger partial charge < -0.3 is 15.0 Å². The lowest BCUT2D eigenvalue weighted by molar-refractivity contribution is -0.123. The third-order valence-corrected chi connectivity index (χ3v) is 3.51. The highest BCUT2D eigenvalue weighted by Gasteiger charge is 2.22. The zero-order chi connectivity index (χ0) is 14.8. The lowest BCUT2D eigenvalue weighted by Crippen LogP contribution is -2.43. The van der Waals surface area contributed by atoms with E-state index in [1.165, 1.54) is 5.69 Å². The molecule has 4 heteroatoms. The number of morpholine rings is 1. The van der Waals surface area contributed by atoms with Crippen LogP contribution < -0.4 is 10.2 Å². The molecular weight excluding hydrogens is 252 g/mol. The second-order valence-electron chi connectivity index (χ2n) is 6.37. The summed E-state index contributed by atoms with van der Waals surface area (Å²) in [5, 5.41) is 2.94. The van der Waals surface area contributed by atoms with Gasteiger partial charge in [-0.2, -0.15) is 0 Å². The van der Waals surface area contributed by atoms with Crippen molar-refractivity contribution in [3.05, 3.63) is 24.3 Å². The molecule has 1 aliphatic rings. The van der Waals surface area contributed by atoms with Crippen molar-refractivity contribution in [1.82, 2.24) is 0 Å². The summed E-state index contributed by atoms with van der Waals surface area (Å²) in [5.41, 5.74) is 1.64. The van der Waals surface area contributed by atoms with Crippen molar-refractivity contribution in [2.45, 2.75) is 33.7 Å². The highest BCUT2D eigenvalue weighted by Crippen LogP contribution is 2.23. The first-order valence-electron chi connectivity index (χ1n) is 7.14. The molecule has 0 radical (unpaired) electrons. The lowest BCUT2D eigenvalue weighted by atomic mass is 9.95. The van der Waals surface area contributed by atoms with Crippen LogP contribution in [0.2, 0.25) is 0 Å². The van der Waals surface area contributed by atoms with E-state index >= 15 is 0 Å². The molecule has 1 atom stereocenters. The summed E-state index contributed by atoms with van der Waals surface area (Å²) in [5.74, 6) is 0.0324. The van der Waals surface area contributed by atoms with Crippen LogP contribution in [0.5, 0.6) is 0 Å². The minimum absolute atomic E-state index is 0.0324. The van der Waals surface area contributed by atoms with Crippen LogP contribution in [0.25, 0.3) is 0 Å². The number of nitrogens with zero attached hydrogens (tertiary/aromatic N) is 1. The first-order valence-corrected chi connectivity index (χ1v) is 7.14. The smallest absolute Gasteiger partial charge is 0.229 e. The van der Waals surface area contributed by atoms with Crippen molar-refractivity contribution in [2.75, 3.05) is 30.0 Å². The number of carbonyl (C=O) groups is 1. The van der Waals surface area contributed by atoms with Crippen molar-refractivity contribution in [3.63, 3.8) is 0 Å². The van der Waals surface area contributed by atoms with E-state index in [1.54, 1.807) is 0 Å². The van der Waals surface area contributed by atoms with Crippen LogP contribution in [0, 0.1) is 5.41 Å². The fraction of sp³-hybridized carbons (Fsp3) is 0.562. The molecule has 1 amide bonds. The third kappa shape index (κ3) is 3.51. The second kappa shape index (κ2) is 5.83. The molecule has 1 fully saturated rings. The zero-order valence-corrected chi connectivity index (χ0v) is 12.8. The van der Waals surface area contributed by atoms with Gasteiger partial charge in [0.05, 0.1) is 13.2 Å². The number of hydrogen-bond acceptors (Lipinski definition) is 3. The molecule has 1 aromatic carbocycles. The van der Waals surface area contributed by atoms with Gasteiger partial charge in [-0.25, -0.2) is 0 Å². The predicted molar refractivity (Wildman–Crippen MR) is 82.2 cm³/mol. The average molecular weight is 276 g/mol. The number of benzene rings is 1. The number of carbonyl (C=O) groups excluding carboxylic acids is 1. The van der Waals surface area contributed by atoms with Crippen molar-refractivity contribution >= 4 is 17.3 Å². The standard InChI is InChI=1S/C16H24N2O2/c1-12-11-20-10-9-18(12)14-7-5-13(6-8-14)17-15(19)16(2,3)4/h5-8,12H,9-11H2,1-4H3,(H,17,19). The van der Waals surface area contributed by atoms with Gasteiger partial charge >= 0.3 is 0 Å². The van der Waals surface area contributed by atoms with Gasteiger partial charge in [-0.1, -0.05) is 20.8 Å². The Bertz CT molecular complexity index is 462. The van der Waals surface area contributed by atoms with E-state index in [1.807, 2.05) is 32.9 Å². The molecule has 1 heterocycles. The van der Waals surface area contributed by atoms with Gasteiger partial charge in [-0.3, -0.25) is 4.79 Å². The molecule has 0 spiro atoms. The minimum Gasteiger partial charge on any atom is -0.377 e. The molecule has 110 valence electrons. The highest BCUT2D eigenvalue weighted by atomic mass is 16.5. The summed E-state index contributed by atoms with van der Waals surface area (Å²) in [4.78, 5) is 14.3. The molecule has 1 unspecified atom stereocenters. The van der Waals surface area contributed by atoms with Crippen LogP contribution in [-0.2, 0) is 9.53 Å². The fourth-order valence-electron chi connectivity index (χ4n) is 2.17. The quantitative estimate of drug-likeness (QED) is 0.903. The van der Waals surface area contributed by atoms with Gasteiger partial charge in [0.1, 0.15) is 0 Å². The number of nitrogens with one attached hydrogen (secondary N) is 1. The van der Waals surface area contributed by atoms with E-state index in [4.69, 9.17) is 4.74 Å². The van der Waals surface area contributed by atoms with Gasteiger partial charge in [0.15, 0.2) is 0 Å². The van der Waals surface area contributed by atoms with Crippen LogP contribution in [0.3, 0.4) is 0 Å². The van der Waals surface area contributed by atoms with E-state index in [-0.39, 0.29) is 11.3 Å².